The minimum Gasteiger partial charge on any atom is -0.480 e. The minimum atomic E-state index is -3.91. The van der Waals surface area contributed by atoms with Crippen LogP contribution in [0.15, 0.2) is 53.4 Å². The van der Waals surface area contributed by atoms with Crippen molar-refractivity contribution in [1.82, 2.24) is 0 Å². The highest BCUT2D eigenvalue weighted by Gasteiger charge is 2.74. The smallest absolute Gasteiger partial charge is 0.325 e. The Bertz CT molecular complexity index is 893. The fourth-order valence-corrected chi connectivity index (χ4v) is 5.42. The van der Waals surface area contributed by atoms with Crippen molar-refractivity contribution in [3.05, 3.63) is 64.7 Å². The normalized spacial score (nSPS) is 26.1. The molecule has 0 unspecified atom stereocenters. The average Bonchev–Trinajstić information content (AvgIpc) is 3.17. The van der Waals surface area contributed by atoms with Gasteiger partial charge in [0.1, 0.15) is 10.8 Å². The van der Waals surface area contributed by atoms with E-state index in [2.05, 4.69) is 0 Å². The quantitative estimate of drug-likeness (QED) is 0.866. The first-order valence-electron chi connectivity index (χ1n) is 7.27. The standard InChI is InChI=1S/C17H16ClNO4S/c1-10-2-4-11(5-3-10)14-15(17(14,19)16(20)21)24(22,23)13-8-6-12(18)7-9-13/h2-9,14-15H,19H2,1H3,(H,20,21)/t14-,15+,17+/m0/s1. The van der Waals surface area contributed by atoms with E-state index < -0.39 is 32.5 Å². The molecule has 0 saturated heterocycles. The second-order valence-electron chi connectivity index (χ2n) is 6.05. The van der Waals surface area contributed by atoms with Crippen LogP contribution in [0, 0.1) is 6.92 Å². The molecule has 1 saturated carbocycles. The third-order valence-corrected chi connectivity index (χ3v) is 6.97. The zero-order chi connectivity index (χ0) is 17.7. The number of aryl methyl sites for hydroxylation is 1. The molecule has 3 N–H and O–H groups in total. The van der Waals surface area contributed by atoms with Crippen LogP contribution in [-0.2, 0) is 14.6 Å². The van der Waals surface area contributed by atoms with E-state index in [1.807, 2.05) is 19.1 Å². The summed E-state index contributed by atoms with van der Waals surface area (Å²) in [4.78, 5) is 11.7. The van der Waals surface area contributed by atoms with Crippen LogP contribution in [0.25, 0.3) is 0 Å². The van der Waals surface area contributed by atoms with E-state index in [0.29, 0.717) is 10.6 Å². The number of carboxylic acid groups (broad SMARTS) is 1. The van der Waals surface area contributed by atoms with Gasteiger partial charge in [-0.1, -0.05) is 41.4 Å². The third kappa shape index (κ3) is 2.51. The molecule has 3 atom stereocenters. The van der Waals surface area contributed by atoms with Gasteiger partial charge in [0.2, 0.25) is 0 Å². The van der Waals surface area contributed by atoms with Gasteiger partial charge in [-0.3, -0.25) is 4.79 Å². The van der Waals surface area contributed by atoms with Gasteiger partial charge in [0, 0.05) is 10.9 Å². The lowest BCUT2D eigenvalue weighted by atomic mass is 10.1. The van der Waals surface area contributed by atoms with Gasteiger partial charge in [0.15, 0.2) is 9.84 Å². The maximum atomic E-state index is 12.9. The number of aliphatic carboxylic acids is 1. The summed E-state index contributed by atoms with van der Waals surface area (Å²) in [6, 6.07) is 12.7. The largest absolute Gasteiger partial charge is 0.480 e. The number of halogens is 1. The Labute approximate surface area is 145 Å². The summed E-state index contributed by atoms with van der Waals surface area (Å²) in [6.07, 6.45) is 0. The van der Waals surface area contributed by atoms with Gasteiger partial charge in [-0.15, -0.1) is 0 Å². The summed E-state index contributed by atoms with van der Waals surface area (Å²) in [6.45, 7) is 1.89. The van der Waals surface area contributed by atoms with Crippen LogP contribution in [0.1, 0.15) is 17.0 Å². The van der Waals surface area contributed by atoms with Gasteiger partial charge in [-0.05, 0) is 36.8 Å². The third-order valence-electron chi connectivity index (χ3n) is 4.46. The van der Waals surface area contributed by atoms with E-state index >= 15 is 0 Å². The number of hydrogen-bond acceptors (Lipinski definition) is 4. The summed E-state index contributed by atoms with van der Waals surface area (Å²) < 4.78 is 25.8. The fourth-order valence-electron chi connectivity index (χ4n) is 3.06. The number of carboxylic acids is 1. The minimum absolute atomic E-state index is 0.0163. The van der Waals surface area contributed by atoms with Crippen molar-refractivity contribution < 1.29 is 18.3 Å². The Balaban J connectivity index is 2.06. The van der Waals surface area contributed by atoms with Crippen molar-refractivity contribution in [2.24, 2.45) is 5.73 Å². The van der Waals surface area contributed by atoms with E-state index in [1.54, 1.807) is 12.1 Å². The van der Waals surface area contributed by atoms with Gasteiger partial charge in [-0.25, -0.2) is 8.42 Å². The van der Waals surface area contributed by atoms with E-state index in [1.165, 1.54) is 24.3 Å². The summed E-state index contributed by atoms with van der Waals surface area (Å²) in [5.74, 6) is -2.12. The fraction of sp³-hybridized carbons (Fsp3) is 0.235. The molecule has 1 fully saturated rings. The van der Waals surface area contributed by atoms with Gasteiger partial charge >= 0.3 is 5.97 Å². The molecular weight excluding hydrogens is 350 g/mol. The Hall–Kier alpha value is -1.89. The van der Waals surface area contributed by atoms with Gasteiger partial charge in [-0.2, -0.15) is 0 Å². The molecular formula is C17H16ClNO4S. The molecule has 24 heavy (non-hydrogen) atoms. The molecule has 3 rings (SSSR count). The van der Waals surface area contributed by atoms with E-state index in [0.717, 1.165) is 5.56 Å². The first-order valence-corrected chi connectivity index (χ1v) is 9.19. The Morgan fingerprint density at radius 3 is 2.17 bits per heavy atom. The van der Waals surface area contributed by atoms with E-state index in [4.69, 9.17) is 17.3 Å². The van der Waals surface area contributed by atoms with Crippen LogP contribution < -0.4 is 5.73 Å². The molecule has 1 aliphatic carbocycles. The zero-order valence-electron chi connectivity index (χ0n) is 12.8. The molecule has 0 bridgehead atoms. The van der Waals surface area contributed by atoms with Crippen LogP contribution in [0.4, 0.5) is 0 Å². The topological polar surface area (TPSA) is 97.5 Å². The Kier molecular flexibility index (Phi) is 3.94. The van der Waals surface area contributed by atoms with Gasteiger partial charge in [0.05, 0.1) is 4.90 Å². The maximum Gasteiger partial charge on any atom is 0.325 e. The van der Waals surface area contributed by atoms with Crippen LogP contribution >= 0.6 is 11.6 Å². The van der Waals surface area contributed by atoms with E-state index in [9.17, 15) is 18.3 Å². The second kappa shape index (κ2) is 5.58. The highest BCUT2D eigenvalue weighted by atomic mass is 35.5. The van der Waals surface area contributed by atoms with Crippen molar-refractivity contribution in [2.45, 2.75) is 28.5 Å². The molecule has 0 spiro atoms. The van der Waals surface area contributed by atoms with Crippen LogP contribution in [0.5, 0.6) is 0 Å². The van der Waals surface area contributed by atoms with Crippen molar-refractivity contribution in [1.29, 1.82) is 0 Å². The summed E-state index contributed by atoms with van der Waals surface area (Å²) in [5, 5.41) is 8.70. The number of hydrogen-bond donors (Lipinski definition) is 2. The molecule has 2 aromatic rings. The van der Waals surface area contributed by atoms with Crippen molar-refractivity contribution in [3.8, 4) is 0 Å². The monoisotopic (exact) mass is 365 g/mol. The van der Waals surface area contributed by atoms with Crippen LogP contribution in [0.3, 0.4) is 0 Å². The molecule has 5 nitrogen and oxygen atoms in total. The van der Waals surface area contributed by atoms with Crippen molar-refractivity contribution in [2.75, 3.05) is 0 Å². The number of carbonyl (C=O) groups is 1. The van der Waals surface area contributed by atoms with Crippen LogP contribution in [-0.4, -0.2) is 30.3 Å². The number of benzene rings is 2. The molecule has 0 radical (unpaired) electrons. The molecule has 0 amide bonds. The Morgan fingerprint density at radius 2 is 1.67 bits per heavy atom. The second-order valence-corrected chi connectivity index (χ2v) is 8.55. The maximum absolute atomic E-state index is 12.9. The van der Waals surface area contributed by atoms with Gasteiger partial charge in [0.25, 0.3) is 0 Å². The first-order chi connectivity index (χ1) is 11.2. The van der Waals surface area contributed by atoms with Crippen molar-refractivity contribution >= 4 is 27.4 Å². The van der Waals surface area contributed by atoms with Crippen LogP contribution in [0.2, 0.25) is 5.02 Å². The van der Waals surface area contributed by atoms with Crippen molar-refractivity contribution in [3.63, 3.8) is 0 Å². The van der Waals surface area contributed by atoms with E-state index in [-0.39, 0.29) is 4.90 Å². The number of sulfone groups is 1. The van der Waals surface area contributed by atoms with Gasteiger partial charge < -0.3 is 10.8 Å². The SMILES string of the molecule is Cc1ccc([C@H]2[C@@H](S(=O)(=O)c3ccc(Cl)cc3)[C@@]2(N)C(=O)O)cc1. The predicted octanol–water partition coefficient (Wildman–Crippen LogP) is 2.37. The summed E-state index contributed by atoms with van der Waals surface area (Å²) in [7, 11) is -3.91. The lowest BCUT2D eigenvalue weighted by molar-refractivity contribution is -0.139. The highest BCUT2D eigenvalue weighted by molar-refractivity contribution is 7.92. The first kappa shape index (κ1) is 17.0. The molecule has 2 aromatic carbocycles. The molecule has 7 heteroatoms. The highest BCUT2D eigenvalue weighted by Crippen LogP contribution is 2.55. The molecule has 0 aliphatic heterocycles. The number of nitrogens with two attached hydrogens (primary N) is 1. The average molecular weight is 366 g/mol. The predicted molar refractivity (Wildman–Crippen MR) is 90.9 cm³/mol. The molecule has 126 valence electrons. The molecule has 1 aliphatic rings. The lowest BCUT2D eigenvalue weighted by Crippen LogP contribution is -2.39. The molecule has 0 aromatic heterocycles. The Morgan fingerprint density at radius 1 is 1.12 bits per heavy atom. The summed E-state index contributed by atoms with van der Waals surface area (Å²) in [5.41, 5.74) is 5.76. The lowest BCUT2D eigenvalue weighted by Gasteiger charge is -2.07. The summed E-state index contributed by atoms with van der Waals surface area (Å²) >= 11 is 5.79. The molecule has 0 heterocycles. The number of rotatable bonds is 4. The zero-order valence-corrected chi connectivity index (χ0v) is 14.4.